The van der Waals surface area contributed by atoms with Gasteiger partial charge in [-0.3, -0.25) is 4.40 Å². The smallest absolute Gasteiger partial charge is 0.138 e. The quantitative estimate of drug-likeness (QED) is 0.780. The Balaban J connectivity index is 1.99. The van der Waals surface area contributed by atoms with Crippen molar-refractivity contribution in [3.63, 3.8) is 0 Å². The van der Waals surface area contributed by atoms with E-state index in [1.165, 1.54) is 0 Å². The van der Waals surface area contributed by atoms with Gasteiger partial charge in [0.25, 0.3) is 0 Å². The van der Waals surface area contributed by atoms with Crippen LogP contribution in [0.2, 0.25) is 0 Å². The third-order valence-electron chi connectivity index (χ3n) is 3.14. The zero-order valence-corrected chi connectivity index (χ0v) is 10.7. The molecule has 0 saturated heterocycles. The summed E-state index contributed by atoms with van der Waals surface area (Å²) >= 11 is 0. The third kappa shape index (κ3) is 2.12. The molecule has 96 valence electrons. The molecule has 0 amide bonds. The van der Waals surface area contributed by atoms with Gasteiger partial charge in [-0.05, 0) is 18.2 Å². The van der Waals surface area contributed by atoms with Gasteiger partial charge in [0.2, 0.25) is 0 Å². The van der Waals surface area contributed by atoms with Gasteiger partial charge in [0.1, 0.15) is 17.2 Å². The van der Waals surface area contributed by atoms with Crippen LogP contribution >= 0.6 is 0 Å². The Morgan fingerprint density at radius 1 is 1.16 bits per heavy atom. The van der Waals surface area contributed by atoms with Crippen molar-refractivity contribution < 1.29 is 4.74 Å². The minimum Gasteiger partial charge on any atom is -0.496 e. The van der Waals surface area contributed by atoms with Gasteiger partial charge in [-0.15, -0.1) is 0 Å². The maximum absolute atomic E-state index is 5.92. The first-order valence-corrected chi connectivity index (χ1v) is 6.12. The Morgan fingerprint density at radius 2 is 2.00 bits per heavy atom. The number of pyridine rings is 1. The molecule has 4 nitrogen and oxygen atoms in total. The van der Waals surface area contributed by atoms with Crippen molar-refractivity contribution in [1.82, 2.24) is 9.38 Å². The lowest BCUT2D eigenvalue weighted by Gasteiger charge is -2.05. The predicted molar refractivity (Wildman–Crippen MR) is 75.4 cm³/mol. The molecule has 0 atom stereocenters. The number of imidazole rings is 1. The summed E-state index contributed by atoms with van der Waals surface area (Å²) in [5.74, 6) is 1.57. The van der Waals surface area contributed by atoms with Crippen molar-refractivity contribution >= 4 is 11.5 Å². The lowest BCUT2D eigenvalue weighted by Crippen LogP contribution is -1.94. The molecule has 0 radical (unpaired) electrons. The Morgan fingerprint density at radius 3 is 2.79 bits per heavy atom. The number of ether oxygens (including phenoxy) is 1. The van der Waals surface area contributed by atoms with Gasteiger partial charge in [-0.1, -0.05) is 24.3 Å². The first kappa shape index (κ1) is 11.6. The van der Waals surface area contributed by atoms with Crippen LogP contribution in [0, 0.1) is 0 Å². The lowest BCUT2D eigenvalue weighted by atomic mass is 10.1. The van der Waals surface area contributed by atoms with E-state index in [1.54, 1.807) is 7.11 Å². The number of nitrogens with zero attached hydrogens (tertiary/aromatic N) is 2. The van der Waals surface area contributed by atoms with E-state index in [1.807, 2.05) is 53.1 Å². The van der Waals surface area contributed by atoms with E-state index < -0.39 is 0 Å². The van der Waals surface area contributed by atoms with Crippen molar-refractivity contribution in [2.45, 2.75) is 6.42 Å². The number of aromatic nitrogens is 2. The van der Waals surface area contributed by atoms with Crippen molar-refractivity contribution in [3.05, 3.63) is 59.9 Å². The summed E-state index contributed by atoms with van der Waals surface area (Å²) in [5, 5.41) is 0. The van der Waals surface area contributed by atoms with Crippen molar-refractivity contribution in [1.29, 1.82) is 0 Å². The van der Waals surface area contributed by atoms with Crippen LogP contribution in [-0.4, -0.2) is 16.5 Å². The second-order valence-electron chi connectivity index (χ2n) is 4.40. The SMILES string of the molecule is COc1ccccc1Cc1cn2c(N)cccc2n1. The summed E-state index contributed by atoms with van der Waals surface area (Å²) in [6, 6.07) is 13.7. The zero-order valence-electron chi connectivity index (χ0n) is 10.7. The number of benzene rings is 1. The van der Waals surface area contributed by atoms with Crippen LogP contribution in [-0.2, 0) is 6.42 Å². The van der Waals surface area contributed by atoms with Crippen molar-refractivity contribution in [3.8, 4) is 5.75 Å². The second-order valence-corrected chi connectivity index (χ2v) is 4.40. The number of methoxy groups -OCH3 is 1. The molecule has 2 N–H and O–H groups in total. The molecule has 0 spiro atoms. The van der Waals surface area contributed by atoms with Crippen LogP contribution < -0.4 is 10.5 Å². The monoisotopic (exact) mass is 253 g/mol. The number of hydrogen-bond acceptors (Lipinski definition) is 3. The Labute approximate surface area is 111 Å². The third-order valence-corrected chi connectivity index (χ3v) is 3.14. The fourth-order valence-corrected chi connectivity index (χ4v) is 2.21. The summed E-state index contributed by atoms with van der Waals surface area (Å²) in [6.45, 7) is 0. The second kappa shape index (κ2) is 4.65. The maximum atomic E-state index is 5.92. The van der Waals surface area contributed by atoms with Gasteiger partial charge < -0.3 is 10.5 Å². The van der Waals surface area contributed by atoms with Crippen LogP contribution in [0.15, 0.2) is 48.7 Å². The molecule has 0 aliphatic rings. The first-order chi connectivity index (χ1) is 9.28. The highest BCUT2D eigenvalue weighted by Crippen LogP contribution is 2.21. The van der Waals surface area contributed by atoms with Gasteiger partial charge in [0, 0.05) is 18.2 Å². The van der Waals surface area contributed by atoms with Gasteiger partial charge in [0.05, 0.1) is 12.8 Å². The van der Waals surface area contributed by atoms with E-state index in [2.05, 4.69) is 4.98 Å². The Bertz CT molecular complexity index is 718. The van der Waals surface area contributed by atoms with E-state index in [9.17, 15) is 0 Å². The highest BCUT2D eigenvalue weighted by molar-refractivity contribution is 5.49. The molecule has 3 aromatic rings. The van der Waals surface area contributed by atoms with Gasteiger partial charge in [0.15, 0.2) is 0 Å². The van der Waals surface area contributed by atoms with Gasteiger partial charge in [-0.2, -0.15) is 0 Å². The molecule has 0 unspecified atom stereocenters. The molecule has 0 aliphatic heterocycles. The first-order valence-electron chi connectivity index (χ1n) is 6.12. The highest BCUT2D eigenvalue weighted by Gasteiger charge is 2.07. The molecule has 4 heteroatoms. The summed E-state index contributed by atoms with van der Waals surface area (Å²) in [6.07, 6.45) is 2.70. The van der Waals surface area contributed by atoms with E-state index in [0.717, 1.165) is 29.1 Å². The minimum absolute atomic E-state index is 0.691. The van der Waals surface area contributed by atoms with Crippen LogP contribution in [0.4, 0.5) is 5.82 Å². The largest absolute Gasteiger partial charge is 0.496 e. The van der Waals surface area contributed by atoms with Crippen molar-refractivity contribution in [2.75, 3.05) is 12.8 Å². The number of nitrogens with two attached hydrogens (primary N) is 1. The van der Waals surface area contributed by atoms with E-state index in [4.69, 9.17) is 10.5 Å². The van der Waals surface area contributed by atoms with Crippen molar-refractivity contribution in [2.24, 2.45) is 0 Å². The molecule has 0 aliphatic carbocycles. The highest BCUT2D eigenvalue weighted by atomic mass is 16.5. The number of nitrogen functional groups attached to an aromatic ring is 1. The molecule has 0 saturated carbocycles. The van der Waals surface area contributed by atoms with Crippen LogP contribution in [0.5, 0.6) is 5.75 Å². The fraction of sp³-hybridized carbons (Fsp3) is 0.133. The summed E-state index contributed by atoms with van der Waals surface area (Å²) < 4.78 is 7.25. The van der Waals surface area contributed by atoms with E-state index in [-0.39, 0.29) is 0 Å². The van der Waals surface area contributed by atoms with E-state index >= 15 is 0 Å². The van der Waals surface area contributed by atoms with Crippen LogP contribution in [0.1, 0.15) is 11.3 Å². The topological polar surface area (TPSA) is 52.5 Å². The molecule has 2 aromatic heterocycles. The van der Waals surface area contributed by atoms with Crippen LogP contribution in [0.3, 0.4) is 0 Å². The minimum atomic E-state index is 0.691. The predicted octanol–water partition coefficient (Wildman–Crippen LogP) is 2.52. The molecule has 2 heterocycles. The molecule has 0 bridgehead atoms. The molecule has 1 aromatic carbocycles. The Kier molecular flexibility index (Phi) is 2.83. The molecule has 0 fully saturated rings. The molecule has 3 rings (SSSR count). The van der Waals surface area contributed by atoms with Crippen LogP contribution in [0.25, 0.3) is 5.65 Å². The standard InChI is InChI=1S/C15H15N3O/c1-19-13-6-3-2-5-11(13)9-12-10-18-14(16)7-4-8-15(18)17-12/h2-8,10H,9,16H2,1H3. The van der Waals surface area contributed by atoms with Gasteiger partial charge >= 0.3 is 0 Å². The number of anilines is 1. The maximum Gasteiger partial charge on any atom is 0.138 e. The Hall–Kier alpha value is -2.49. The fourth-order valence-electron chi connectivity index (χ4n) is 2.21. The number of rotatable bonds is 3. The number of hydrogen-bond donors (Lipinski definition) is 1. The number of fused-ring (bicyclic) bond motifs is 1. The van der Waals surface area contributed by atoms with Gasteiger partial charge in [-0.25, -0.2) is 4.98 Å². The normalized spacial score (nSPS) is 10.8. The summed E-state index contributed by atoms with van der Waals surface area (Å²) in [5.41, 5.74) is 8.87. The summed E-state index contributed by atoms with van der Waals surface area (Å²) in [4.78, 5) is 4.57. The molecular formula is C15H15N3O. The average Bonchev–Trinajstić information content (AvgIpc) is 2.83. The summed E-state index contributed by atoms with van der Waals surface area (Å²) in [7, 11) is 1.68. The zero-order chi connectivity index (χ0) is 13.2. The average molecular weight is 253 g/mol. The molecule has 19 heavy (non-hydrogen) atoms. The number of para-hydroxylation sites is 1. The van der Waals surface area contributed by atoms with E-state index in [0.29, 0.717) is 5.82 Å². The molecular weight excluding hydrogens is 238 g/mol. The lowest BCUT2D eigenvalue weighted by molar-refractivity contribution is 0.410.